The van der Waals surface area contributed by atoms with Gasteiger partial charge in [-0.3, -0.25) is 19.2 Å². The lowest BCUT2D eigenvalue weighted by molar-refractivity contribution is -0.145. The number of carboxylic acid groups (broad SMARTS) is 2. The number of unbranched alkanes of at least 4 members (excludes halogenated alkanes) is 1. The maximum atomic E-state index is 12.6. The fourth-order valence-corrected chi connectivity index (χ4v) is 6.06. The summed E-state index contributed by atoms with van der Waals surface area (Å²) < 4.78 is 18.1. The first kappa shape index (κ1) is 31.8. The van der Waals surface area contributed by atoms with Crippen molar-refractivity contribution in [3.63, 3.8) is 0 Å². The number of rotatable bonds is 15. The number of ketones is 1. The molecule has 0 radical (unpaired) electrons. The number of carbonyl (C=O) groups is 4. The molecular formula is C32H37NO9S. The van der Waals surface area contributed by atoms with Gasteiger partial charge in [-0.1, -0.05) is 13.8 Å². The lowest BCUT2D eigenvalue weighted by atomic mass is 10.0. The Morgan fingerprint density at radius 2 is 1.47 bits per heavy atom. The van der Waals surface area contributed by atoms with Crippen LogP contribution in [-0.4, -0.2) is 59.6 Å². The number of benzene rings is 2. The van der Waals surface area contributed by atoms with Crippen molar-refractivity contribution in [2.45, 2.75) is 59.0 Å². The number of amides is 1. The predicted octanol–water partition coefficient (Wildman–Crippen LogP) is 5.57. The number of aryl methyl sites for hydroxylation is 1. The van der Waals surface area contributed by atoms with Crippen molar-refractivity contribution >= 4 is 45.1 Å². The largest absolute Gasteiger partial charge is 0.496 e. The van der Waals surface area contributed by atoms with Gasteiger partial charge in [0.05, 0.1) is 37.5 Å². The van der Waals surface area contributed by atoms with E-state index in [1.807, 2.05) is 30.3 Å². The number of nitrogens with zero attached hydrogens (tertiary/aromatic N) is 1. The average Bonchev–Trinajstić information content (AvgIpc) is 3.59. The Morgan fingerprint density at radius 1 is 0.837 bits per heavy atom. The monoisotopic (exact) mass is 611 g/mol. The molecule has 0 bridgehead atoms. The topological polar surface area (TPSA) is 140 Å². The highest BCUT2D eigenvalue weighted by Gasteiger charge is 2.28. The maximum absolute atomic E-state index is 12.6. The zero-order chi connectivity index (χ0) is 31.3. The molecule has 4 rings (SSSR count). The summed E-state index contributed by atoms with van der Waals surface area (Å²) in [6.45, 7) is 4.32. The van der Waals surface area contributed by atoms with Gasteiger partial charge in [-0.2, -0.15) is 0 Å². The molecule has 1 aliphatic rings. The van der Waals surface area contributed by atoms with Crippen molar-refractivity contribution in [3.05, 3.63) is 51.9 Å². The summed E-state index contributed by atoms with van der Waals surface area (Å²) in [7, 11) is 3.18. The quantitative estimate of drug-likeness (QED) is 0.167. The van der Waals surface area contributed by atoms with Gasteiger partial charge in [0.2, 0.25) is 5.91 Å². The van der Waals surface area contributed by atoms with Crippen LogP contribution in [0, 0.1) is 11.8 Å². The third kappa shape index (κ3) is 7.64. The van der Waals surface area contributed by atoms with Crippen molar-refractivity contribution in [1.29, 1.82) is 0 Å². The highest BCUT2D eigenvalue weighted by molar-refractivity contribution is 7.20. The van der Waals surface area contributed by atoms with Crippen LogP contribution in [0.2, 0.25) is 0 Å². The number of fused-ring (bicyclic) bond motifs is 2. The number of thiophene rings is 1. The van der Waals surface area contributed by atoms with Crippen LogP contribution in [0.3, 0.4) is 0 Å². The molecule has 2 aromatic carbocycles. The molecule has 0 fully saturated rings. The maximum Gasteiger partial charge on any atom is 0.306 e. The Hall–Kier alpha value is -4.12. The van der Waals surface area contributed by atoms with Crippen molar-refractivity contribution < 1.29 is 43.6 Å². The van der Waals surface area contributed by atoms with E-state index in [4.69, 9.17) is 24.4 Å². The predicted molar refractivity (Wildman–Crippen MR) is 161 cm³/mol. The average molecular weight is 612 g/mol. The standard InChI is InChI=1S/C32H37NO9S/c1-18(31(36)37)9-24(34)29-14-21-11-20(25(40-3)15-28(21)43-29)7-5-6-8-42-27-13-23-17-33(16-22(23)12-26(27)41-4)30(35)10-19(2)32(38)39/h11-15,18-19H,5-10,16-17H2,1-4H3,(H,36,37)(H,38,39). The summed E-state index contributed by atoms with van der Waals surface area (Å²) in [6, 6.07) is 9.54. The van der Waals surface area contributed by atoms with Crippen molar-refractivity contribution in [1.82, 2.24) is 4.90 Å². The first-order chi connectivity index (χ1) is 20.5. The number of ether oxygens (including phenoxy) is 3. The first-order valence-corrected chi connectivity index (χ1v) is 15.0. The molecule has 0 saturated heterocycles. The molecule has 0 saturated carbocycles. The number of aliphatic carboxylic acids is 2. The van der Waals surface area contributed by atoms with Gasteiger partial charge in [0.25, 0.3) is 0 Å². The Labute approximate surface area is 254 Å². The highest BCUT2D eigenvalue weighted by atomic mass is 32.1. The number of Topliss-reactive ketones (excluding diaryl/α,β-unsaturated/α-hetero) is 1. The van der Waals surface area contributed by atoms with Crippen LogP contribution in [0.1, 0.15) is 65.9 Å². The molecule has 2 N–H and O–H groups in total. The minimum absolute atomic E-state index is 0.0381. The molecular weight excluding hydrogens is 574 g/mol. The molecule has 2 heterocycles. The summed E-state index contributed by atoms with van der Waals surface area (Å²) in [4.78, 5) is 49.7. The van der Waals surface area contributed by atoms with E-state index in [-0.39, 0.29) is 24.5 Å². The van der Waals surface area contributed by atoms with Gasteiger partial charge in [-0.25, -0.2) is 0 Å². The second-order valence-electron chi connectivity index (χ2n) is 10.9. The van der Waals surface area contributed by atoms with Crippen LogP contribution in [0.4, 0.5) is 0 Å². The van der Waals surface area contributed by atoms with Crippen LogP contribution < -0.4 is 14.2 Å². The van der Waals surface area contributed by atoms with Gasteiger partial charge in [-0.05, 0) is 71.7 Å². The summed E-state index contributed by atoms with van der Waals surface area (Å²) >= 11 is 1.34. The summed E-state index contributed by atoms with van der Waals surface area (Å²) in [5, 5.41) is 19.2. The first-order valence-electron chi connectivity index (χ1n) is 14.2. The molecule has 3 aromatic rings. The van der Waals surface area contributed by atoms with E-state index < -0.39 is 23.8 Å². The third-order valence-electron chi connectivity index (χ3n) is 7.67. The van der Waals surface area contributed by atoms with Crippen molar-refractivity contribution in [2.24, 2.45) is 11.8 Å². The Balaban J connectivity index is 1.34. The summed E-state index contributed by atoms with van der Waals surface area (Å²) in [6.07, 6.45) is 2.25. The molecule has 0 aliphatic carbocycles. The zero-order valence-corrected chi connectivity index (χ0v) is 25.6. The SMILES string of the molecule is COc1cc2sc(C(=O)CC(C)C(=O)O)cc2cc1CCCCOc1cc2c(cc1OC)CN(C(=O)CC(C)C(=O)O)C2. The number of hydrogen-bond acceptors (Lipinski definition) is 8. The molecule has 1 amide bonds. The van der Waals surface area contributed by atoms with E-state index in [1.165, 1.54) is 25.2 Å². The molecule has 11 heteroatoms. The normalized spacial score (nSPS) is 13.8. The number of carbonyl (C=O) groups excluding carboxylic acids is 2. The van der Waals surface area contributed by atoms with E-state index in [2.05, 4.69) is 0 Å². The van der Waals surface area contributed by atoms with Gasteiger partial charge in [0.15, 0.2) is 17.3 Å². The second kappa shape index (κ2) is 13.9. The van der Waals surface area contributed by atoms with E-state index in [0.29, 0.717) is 36.1 Å². The van der Waals surface area contributed by atoms with Crippen LogP contribution in [0.25, 0.3) is 10.1 Å². The highest BCUT2D eigenvalue weighted by Crippen LogP contribution is 2.36. The number of hydrogen-bond donors (Lipinski definition) is 2. The molecule has 43 heavy (non-hydrogen) atoms. The van der Waals surface area contributed by atoms with Crippen LogP contribution in [-0.2, 0) is 33.9 Å². The fraction of sp³-hybridized carbons (Fsp3) is 0.438. The molecule has 1 aromatic heterocycles. The molecule has 2 atom stereocenters. The summed E-state index contributed by atoms with van der Waals surface area (Å²) in [5.41, 5.74) is 2.93. The van der Waals surface area contributed by atoms with E-state index in [1.54, 1.807) is 19.1 Å². The van der Waals surface area contributed by atoms with Crippen molar-refractivity contribution in [3.8, 4) is 17.2 Å². The molecule has 230 valence electrons. The minimum Gasteiger partial charge on any atom is -0.496 e. The number of methoxy groups -OCH3 is 2. The molecule has 0 spiro atoms. The Bertz CT molecular complexity index is 1530. The van der Waals surface area contributed by atoms with Gasteiger partial charge >= 0.3 is 11.9 Å². The van der Waals surface area contributed by atoms with E-state index >= 15 is 0 Å². The molecule has 10 nitrogen and oxygen atoms in total. The van der Waals surface area contributed by atoms with E-state index in [9.17, 15) is 19.2 Å². The fourth-order valence-electron chi connectivity index (χ4n) is 5.04. The lowest BCUT2D eigenvalue weighted by Crippen LogP contribution is -2.28. The number of carboxylic acids is 2. The Kier molecular flexibility index (Phi) is 10.3. The lowest BCUT2D eigenvalue weighted by Gasteiger charge is -2.16. The zero-order valence-electron chi connectivity index (χ0n) is 24.8. The molecule has 1 aliphatic heterocycles. The van der Waals surface area contributed by atoms with Crippen LogP contribution >= 0.6 is 11.3 Å². The van der Waals surface area contributed by atoms with Gasteiger partial charge in [0, 0.05) is 30.6 Å². The second-order valence-corrected chi connectivity index (χ2v) is 12.0. The van der Waals surface area contributed by atoms with Gasteiger partial charge in [0.1, 0.15) is 5.75 Å². The third-order valence-corrected chi connectivity index (χ3v) is 8.81. The van der Waals surface area contributed by atoms with Crippen LogP contribution in [0.5, 0.6) is 17.2 Å². The smallest absolute Gasteiger partial charge is 0.306 e. The Morgan fingerprint density at radius 3 is 2.09 bits per heavy atom. The van der Waals surface area contributed by atoms with Crippen LogP contribution in [0.15, 0.2) is 30.3 Å². The van der Waals surface area contributed by atoms with Gasteiger partial charge < -0.3 is 29.3 Å². The van der Waals surface area contributed by atoms with E-state index in [0.717, 1.165) is 51.8 Å². The van der Waals surface area contributed by atoms with Crippen molar-refractivity contribution in [2.75, 3.05) is 20.8 Å². The molecule has 2 unspecified atom stereocenters. The minimum atomic E-state index is -0.988. The van der Waals surface area contributed by atoms with Gasteiger partial charge in [-0.15, -0.1) is 11.3 Å². The summed E-state index contributed by atoms with van der Waals surface area (Å²) in [5.74, 6) is -1.90.